The van der Waals surface area contributed by atoms with E-state index in [1.165, 1.54) is 0 Å². The number of carbonyl (C=O) groups is 1. The first kappa shape index (κ1) is 14.5. The summed E-state index contributed by atoms with van der Waals surface area (Å²) in [6.45, 7) is 0.559. The number of aromatic nitrogens is 1. The molecule has 0 bridgehead atoms. The number of methoxy groups -OCH3 is 1. The fourth-order valence-corrected chi connectivity index (χ4v) is 3.00. The topological polar surface area (TPSA) is 42.4 Å². The summed E-state index contributed by atoms with van der Waals surface area (Å²) in [6.07, 6.45) is 0. The smallest absolute Gasteiger partial charge is 0.253 e. The number of hydrogen-bond donors (Lipinski definition) is 0. The largest absolute Gasteiger partial charge is 0.497 e. The lowest BCUT2D eigenvalue weighted by Gasteiger charge is -2.17. The molecule has 0 N–H and O–H groups in total. The maximum absolute atomic E-state index is 12.5. The fourth-order valence-electron chi connectivity index (χ4n) is 2.29. The molecule has 0 saturated carbocycles. The Morgan fingerprint density at radius 3 is 2.73 bits per heavy atom. The van der Waals surface area contributed by atoms with Gasteiger partial charge < -0.3 is 9.64 Å². The number of fused-ring (bicyclic) bond motifs is 1. The Morgan fingerprint density at radius 1 is 1.23 bits per heavy atom. The highest BCUT2D eigenvalue weighted by Gasteiger charge is 2.13. The Kier molecular flexibility index (Phi) is 4.06. The zero-order valence-corrected chi connectivity index (χ0v) is 13.3. The van der Waals surface area contributed by atoms with Crippen molar-refractivity contribution in [3.8, 4) is 5.75 Å². The SMILES string of the molecule is COc1ccc(CN(C)C(=O)c2ccc3ncsc3c2)cc1. The molecule has 0 unspecified atom stereocenters. The molecule has 0 fully saturated rings. The number of rotatable bonds is 4. The molecule has 0 aliphatic rings. The minimum atomic E-state index is 0.00566. The molecule has 1 aromatic heterocycles. The first-order valence-electron chi connectivity index (χ1n) is 6.89. The lowest BCUT2D eigenvalue weighted by Crippen LogP contribution is -2.26. The number of carbonyl (C=O) groups excluding carboxylic acids is 1. The van der Waals surface area contributed by atoms with Gasteiger partial charge >= 0.3 is 0 Å². The molecule has 1 heterocycles. The summed E-state index contributed by atoms with van der Waals surface area (Å²) >= 11 is 1.54. The van der Waals surface area contributed by atoms with Crippen LogP contribution in [-0.2, 0) is 6.54 Å². The van der Waals surface area contributed by atoms with E-state index in [2.05, 4.69) is 4.98 Å². The molecule has 0 atom stereocenters. The van der Waals surface area contributed by atoms with Crippen molar-refractivity contribution < 1.29 is 9.53 Å². The fraction of sp³-hybridized carbons (Fsp3) is 0.176. The summed E-state index contributed by atoms with van der Waals surface area (Å²) in [6, 6.07) is 13.4. The lowest BCUT2D eigenvalue weighted by molar-refractivity contribution is 0.0785. The molecule has 2 aromatic carbocycles. The summed E-state index contributed by atoms with van der Waals surface area (Å²) in [5.41, 5.74) is 4.47. The monoisotopic (exact) mass is 312 g/mol. The molecule has 112 valence electrons. The predicted octanol–water partition coefficient (Wildman–Crippen LogP) is 3.58. The average molecular weight is 312 g/mol. The van der Waals surface area contributed by atoms with Gasteiger partial charge in [0.25, 0.3) is 5.91 Å². The van der Waals surface area contributed by atoms with Gasteiger partial charge in [0.2, 0.25) is 0 Å². The van der Waals surface area contributed by atoms with Crippen LogP contribution < -0.4 is 4.74 Å². The molecule has 1 amide bonds. The van der Waals surface area contributed by atoms with Crippen LogP contribution in [0.4, 0.5) is 0 Å². The van der Waals surface area contributed by atoms with Crippen molar-refractivity contribution in [1.82, 2.24) is 9.88 Å². The quantitative estimate of drug-likeness (QED) is 0.739. The van der Waals surface area contributed by atoms with E-state index in [0.717, 1.165) is 21.5 Å². The van der Waals surface area contributed by atoms with Gasteiger partial charge in [0, 0.05) is 19.2 Å². The summed E-state index contributed by atoms with van der Waals surface area (Å²) < 4.78 is 6.17. The second-order valence-corrected chi connectivity index (χ2v) is 5.93. The predicted molar refractivity (Wildman–Crippen MR) is 88.4 cm³/mol. The minimum absolute atomic E-state index is 0.00566. The van der Waals surface area contributed by atoms with Crippen molar-refractivity contribution >= 4 is 27.5 Å². The number of nitrogens with zero attached hydrogens (tertiary/aromatic N) is 2. The molecular weight excluding hydrogens is 296 g/mol. The Bertz CT molecular complexity index is 796. The van der Waals surface area contributed by atoms with Crippen LogP contribution in [0, 0.1) is 0 Å². The van der Waals surface area contributed by atoms with Gasteiger partial charge in [-0.25, -0.2) is 4.98 Å². The van der Waals surface area contributed by atoms with E-state index in [-0.39, 0.29) is 5.91 Å². The first-order valence-corrected chi connectivity index (χ1v) is 7.77. The van der Waals surface area contributed by atoms with Crippen LogP contribution in [0.15, 0.2) is 48.0 Å². The molecule has 0 spiro atoms. The summed E-state index contributed by atoms with van der Waals surface area (Å²) in [5, 5.41) is 0. The van der Waals surface area contributed by atoms with E-state index >= 15 is 0 Å². The van der Waals surface area contributed by atoms with Crippen LogP contribution in [0.25, 0.3) is 10.2 Å². The highest BCUT2D eigenvalue weighted by Crippen LogP contribution is 2.20. The highest BCUT2D eigenvalue weighted by atomic mass is 32.1. The number of amides is 1. The van der Waals surface area contributed by atoms with E-state index in [9.17, 15) is 4.79 Å². The zero-order chi connectivity index (χ0) is 15.5. The van der Waals surface area contributed by atoms with Crippen LogP contribution in [0.3, 0.4) is 0 Å². The molecule has 0 aliphatic heterocycles. The lowest BCUT2D eigenvalue weighted by atomic mass is 10.1. The molecule has 0 aliphatic carbocycles. The summed E-state index contributed by atoms with van der Waals surface area (Å²) in [7, 11) is 3.45. The third-order valence-corrected chi connectivity index (χ3v) is 4.30. The molecular formula is C17H16N2O2S. The van der Waals surface area contributed by atoms with Gasteiger partial charge in [-0.2, -0.15) is 0 Å². The van der Waals surface area contributed by atoms with Crippen LogP contribution in [-0.4, -0.2) is 29.9 Å². The van der Waals surface area contributed by atoms with Gasteiger partial charge in [-0.1, -0.05) is 12.1 Å². The van der Waals surface area contributed by atoms with Crippen molar-refractivity contribution in [2.24, 2.45) is 0 Å². The van der Waals surface area contributed by atoms with E-state index in [1.54, 1.807) is 28.9 Å². The molecule has 3 aromatic rings. The summed E-state index contributed by atoms with van der Waals surface area (Å²) in [5.74, 6) is 0.819. The van der Waals surface area contributed by atoms with E-state index in [1.807, 2.05) is 49.5 Å². The molecule has 0 radical (unpaired) electrons. The highest BCUT2D eigenvalue weighted by molar-refractivity contribution is 7.16. The van der Waals surface area contributed by atoms with Gasteiger partial charge in [0.1, 0.15) is 5.75 Å². The Hall–Kier alpha value is -2.40. The van der Waals surface area contributed by atoms with Crippen molar-refractivity contribution in [2.75, 3.05) is 14.2 Å². The number of benzene rings is 2. The van der Waals surface area contributed by atoms with Crippen molar-refractivity contribution in [3.63, 3.8) is 0 Å². The number of thiazole rings is 1. The second kappa shape index (κ2) is 6.15. The zero-order valence-electron chi connectivity index (χ0n) is 12.4. The molecule has 22 heavy (non-hydrogen) atoms. The second-order valence-electron chi connectivity index (χ2n) is 5.04. The maximum Gasteiger partial charge on any atom is 0.253 e. The van der Waals surface area contributed by atoms with Crippen LogP contribution in [0.1, 0.15) is 15.9 Å². The molecule has 3 rings (SSSR count). The average Bonchev–Trinajstić information content (AvgIpc) is 3.02. The third kappa shape index (κ3) is 2.94. The molecule has 0 saturated heterocycles. The number of hydrogen-bond acceptors (Lipinski definition) is 4. The van der Waals surface area contributed by atoms with E-state index in [4.69, 9.17) is 4.74 Å². The van der Waals surface area contributed by atoms with Gasteiger partial charge in [-0.3, -0.25) is 4.79 Å². The normalized spacial score (nSPS) is 10.6. The van der Waals surface area contributed by atoms with Crippen LogP contribution in [0.5, 0.6) is 5.75 Å². The Labute approximate surface area is 133 Å². The van der Waals surface area contributed by atoms with Gasteiger partial charge in [-0.05, 0) is 35.9 Å². The first-order chi connectivity index (χ1) is 10.7. The van der Waals surface area contributed by atoms with Crippen LogP contribution in [0.2, 0.25) is 0 Å². The van der Waals surface area contributed by atoms with Gasteiger partial charge in [0.15, 0.2) is 0 Å². The van der Waals surface area contributed by atoms with Gasteiger partial charge in [0.05, 0.1) is 22.8 Å². The van der Waals surface area contributed by atoms with Crippen molar-refractivity contribution in [3.05, 3.63) is 59.1 Å². The molecule has 5 heteroatoms. The van der Waals surface area contributed by atoms with E-state index < -0.39 is 0 Å². The third-order valence-electron chi connectivity index (χ3n) is 3.50. The minimum Gasteiger partial charge on any atom is -0.497 e. The number of ether oxygens (including phenoxy) is 1. The molecule has 4 nitrogen and oxygen atoms in total. The van der Waals surface area contributed by atoms with E-state index in [0.29, 0.717) is 12.1 Å². The van der Waals surface area contributed by atoms with Crippen molar-refractivity contribution in [1.29, 1.82) is 0 Å². The van der Waals surface area contributed by atoms with Crippen LogP contribution >= 0.6 is 11.3 Å². The maximum atomic E-state index is 12.5. The van der Waals surface area contributed by atoms with Gasteiger partial charge in [-0.15, -0.1) is 11.3 Å². The Morgan fingerprint density at radius 2 is 2.00 bits per heavy atom. The van der Waals surface area contributed by atoms with Crippen molar-refractivity contribution in [2.45, 2.75) is 6.54 Å². The Balaban J connectivity index is 1.75. The standard InChI is InChI=1S/C17H16N2O2S/c1-19(10-12-3-6-14(21-2)7-4-12)17(20)13-5-8-15-16(9-13)22-11-18-15/h3-9,11H,10H2,1-2H3. The summed E-state index contributed by atoms with van der Waals surface area (Å²) in [4.78, 5) is 18.5.